The number of hydrogen-bond acceptors (Lipinski definition) is 0. The van der Waals surface area contributed by atoms with Crippen LogP contribution < -0.4 is 0 Å². The molecular formula is C17H18BrF. The van der Waals surface area contributed by atoms with E-state index in [4.69, 9.17) is 0 Å². The summed E-state index contributed by atoms with van der Waals surface area (Å²) < 4.78 is 13.4. The van der Waals surface area contributed by atoms with Gasteiger partial charge in [0.15, 0.2) is 0 Å². The Bertz CT molecular complexity index is 567. The van der Waals surface area contributed by atoms with Crippen LogP contribution in [0.15, 0.2) is 36.4 Å². The van der Waals surface area contributed by atoms with E-state index in [1.165, 1.54) is 16.7 Å². The Balaban J connectivity index is 2.53. The molecule has 0 heterocycles. The van der Waals surface area contributed by atoms with Crippen LogP contribution in [0.25, 0.3) is 0 Å². The van der Waals surface area contributed by atoms with Crippen LogP contribution in [0, 0.1) is 19.7 Å². The standard InChI is InChI=1S/C17H18BrF/c1-4-13-7-5-6-8-15(13)17(18)16-11(2)9-14(19)10-12(16)3/h5-10,17H,4H2,1-3H3. The molecule has 2 heteroatoms. The molecule has 2 aromatic carbocycles. The molecule has 1 atom stereocenters. The Morgan fingerprint density at radius 3 is 2.26 bits per heavy atom. The summed E-state index contributed by atoms with van der Waals surface area (Å²) in [6, 6.07) is 11.6. The molecule has 2 rings (SSSR count). The molecule has 0 spiro atoms. The van der Waals surface area contributed by atoms with E-state index >= 15 is 0 Å². The van der Waals surface area contributed by atoms with Gasteiger partial charge in [-0.05, 0) is 60.2 Å². The summed E-state index contributed by atoms with van der Waals surface area (Å²) in [7, 11) is 0. The van der Waals surface area contributed by atoms with Gasteiger partial charge in [0.2, 0.25) is 0 Å². The number of benzene rings is 2. The maximum absolute atomic E-state index is 13.4. The highest BCUT2D eigenvalue weighted by Crippen LogP contribution is 2.37. The first-order chi connectivity index (χ1) is 9.04. The van der Waals surface area contributed by atoms with Crippen LogP contribution in [0.1, 0.15) is 39.6 Å². The summed E-state index contributed by atoms with van der Waals surface area (Å²) in [5.41, 5.74) is 5.74. The second-order valence-corrected chi connectivity index (χ2v) is 5.78. The van der Waals surface area contributed by atoms with Gasteiger partial charge in [-0.25, -0.2) is 4.39 Å². The molecule has 0 nitrogen and oxygen atoms in total. The Hall–Kier alpha value is -1.15. The predicted molar refractivity (Wildman–Crippen MR) is 82.5 cm³/mol. The van der Waals surface area contributed by atoms with Crippen molar-refractivity contribution in [3.05, 3.63) is 70.0 Å². The molecule has 0 N–H and O–H groups in total. The monoisotopic (exact) mass is 320 g/mol. The molecule has 0 aliphatic heterocycles. The topological polar surface area (TPSA) is 0 Å². The van der Waals surface area contributed by atoms with Crippen LogP contribution in [0.4, 0.5) is 4.39 Å². The van der Waals surface area contributed by atoms with Gasteiger partial charge in [-0.1, -0.05) is 47.1 Å². The SMILES string of the molecule is CCc1ccccc1C(Br)c1c(C)cc(F)cc1C. The van der Waals surface area contributed by atoms with Gasteiger partial charge in [-0.3, -0.25) is 0 Å². The third-order valence-corrected chi connectivity index (χ3v) is 4.47. The van der Waals surface area contributed by atoms with Crippen molar-refractivity contribution >= 4 is 15.9 Å². The minimum absolute atomic E-state index is 0.115. The zero-order valence-corrected chi connectivity index (χ0v) is 13.1. The van der Waals surface area contributed by atoms with Crippen LogP contribution in [-0.4, -0.2) is 0 Å². The number of hydrogen-bond donors (Lipinski definition) is 0. The lowest BCUT2D eigenvalue weighted by molar-refractivity contribution is 0.624. The summed E-state index contributed by atoms with van der Waals surface area (Å²) in [6.07, 6.45) is 0.998. The lowest BCUT2D eigenvalue weighted by Gasteiger charge is -2.19. The van der Waals surface area contributed by atoms with Gasteiger partial charge >= 0.3 is 0 Å². The van der Waals surface area contributed by atoms with Crippen molar-refractivity contribution in [2.45, 2.75) is 32.0 Å². The smallest absolute Gasteiger partial charge is 0.123 e. The Kier molecular flexibility index (Phi) is 4.41. The molecule has 100 valence electrons. The lowest BCUT2D eigenvalue weighted by atomic mass is 9.92. The van der Waals surface area contributed by atoms with E-state index in [-0.39, 0.29) is 10.6 Å². The zero-order chi connectivity index (χ0) is 14.0. The van der Waals surface area contributed by atoms with Crippen molar-refractivity contribution in [3.63, 3.8) is 0 Å². The largest absolute Gasteiger partial charge is 0.207 e. The molecule has 2 aromatic rings. The van der Waals surface area contributed by atoms with Gasteiger partial charge in [-0.15, -0.1) is 0 Å². The van der Waals surface area contributed by atoms with Crippen molar-refractivity contribution in [1.82, 2.24) is 0 Å². The average Bonchev–Trinajstić information content (AvgIpc) is 2.37. The highest BCUT2D eigenvalue weighted by molar-refractivity contribution is 9.09. The number of rotatable bonds is 3. The minimum Gasteiger partial charge on any atom is -0.207 e. The average molecular weight is 321 g/mol. The van der Waals surface area contributed by atoms with E-state index in [9.17, 15) is 4.39 Å². The normalized spacial score (nSPS) is 12.5. The Morgan fingerprint density at radius 2 is 1.68 bits per heavy atom. The van der Waals surface area contributed by atoms with Gasteiger partial charge in [0.25, 0.3) is 0 Å². The summed E-state index contributed by atoms with van der Waals surface area (Å²) in [5, 5.41) is 0. The van der Waals surface area contributed by atoms with Crippen molar-refractivity contribution in [1.29, 1.82) is 0 Å². The third-order valence-electron chi connectivity index (χ3n) is 3.52. The fourth-order valence-corrected chi connectivity index (χ4v) is 3.75. The van der Waals surface area contributed by atoms with E-state index in [0.29, 0.717) is 0 Å². The van der Waals surface area contributed by atoms with Crippen molar-refractivity contribution in [2.24, 2.45) is 0 Å². The second-order valence-electron chi connectivity index (χ2n) is 4.87. The van der Waals surface area contributed by atoms with Crippen molar-refractivity contribution in [2.75, 3.05) is 0 Å². The molecule has 0 saturated carbocycles. The molecule has 0 fully saturated rings. The van der Waals surface area contributed by atoms with Crippen LogP contribution in [-0.2, 0) is 6.42 Å². The molecular weight excluding hydrogens is 303 g/mol. The second kappa shape index (κ2) is 5.87. The fraction of sp³-hybridized carbons (Fsp3) is 0.294. The molecule has 0 aliphatic carbocycles. The number of halogens is 2. The van der Waals surface area contributed by atoms with Crippen LogP contribution in [0.3, 0.4) is 0 Å². The maximum Gasteiger partial charge on any atom is 0.123 e. The van der Waals surface area contributed by atoms with E-state index in [1.54, 1.807) is 12.1 Å². The molecule has 0 amide bonds. The molecule has 0 aromatic heterocycles. The molecule has 0 saturated heterocycles. The summed E-state index contributed by atoms with van der Waals surface area (Å²) in [5.74, 6) is -0.165. The Morgan fingerprint density at radius 1 is 1.11 bits per heavy atom. The lowest BCUT2D eigenvalue weighted by Crippen LogP contribution is -2.03. The number of alkyl halides is 1. The van der Waals surface area contributed by atoms with Gasteiger partial charge in [-0.2, -0.15) is 0 Å². The van der Waals surface area contributed by atoms with Gasteiger partial charge in [0.05, 0.1) is 4.83 Å². The van der Waals surface area contributed by atoms with Gasteiger partial charge in [0, 0.05) is 0 Å². The molecule has 0 bridgehead atoms. The van der Waals surface area contributed by atoms with Crippen molar-refractivity contribution < 1.29 is 4.39 Å². The molecule has 0 radical (unpaired) electrons. The first-order valence-corrected chi connectivity index (χ1v) is 7.44. The van der Waals surface area contributed by atoms with Crippen molar-refractivity contribution in [3.8, 4) is 0 Å². The molecule has 1 unspecified atom stereocenters. The third kappa shape index (κ3) is 2.89. The van der Waals surface area contributed by atoms with Crippen LogP contribution in [0.5, 0.6) is 0 Å². The van der Waals surface area contributed by atoms with Crippen LogP contribution >= 0.6 is 15.9 Å². The van der Waals surface area contributed by atoms with Gasteiger partial charge < -0.3 is 0 Å². The molecule has 19 heavy (non-hydrogen) atoms. The summed E-state index contributed by atoms with van der Waals surface area (Å²) >= 11 is 3.79. The highest BCUT2D eigenvalue weighted by atomic mass is 79.9. The summed E-state index contributed by atoms with van der Waals surface area (Å²) in [4.78, 5) is 0.115. The Labute approximate surface area is 122 Å². The van der Waals surface area contributed by atoms with E-state index < -0.39 is 0 Å². The first-order valence-electron chi connectivity index (χ1n) is 6.53. The fourth-order valence-electron chi connectivity index (χ4n) is 2.58. The number of aryl methyl sites for hydroxylation is 3. The van der Waals surface area contributed by atoms with E-state index in [2.05, 4.69) is 47.1 Å². The van der Waals surface area contributed by atoms with Gasteiger partial charge in [0.1, 0.15) is 5.82 Å². The zero-order valence-electron chi connectivity index (χ0n) is 11.5. The summed E-state index contributed by atoms with van der Waals surface area (Å²) in [6.45, 7) is 6.09. The quantitative estimate of drug-likeness (QED) is 0.656. The first kappa shape index (κ1) is 14.3. The maximum atomic E-state index is 13.4. The van der Waals surface area contributed by atoms with E-state index in [0.717, 1.165) is 17.5 Å². The molecule has 0 aliphatic rings. The van der Waals surface area contributed by atoms with Crippen LogP contribution in [0.2, 0.25) is 0 Å². The minimum atomic E-state index is -0.165. The predicted octanol–water partition coefficient (Wildman–Crippen LogP) is 5.49. The van der Waals surface area contributed by atoms with E-state index in [1.807, 2.05) is 13.8 Å². The highest BCUT2D eigenvalue weighted by Gasteiger charge is 2.18.